The van der Waals surface area contributed by atoms with Gasteiger partial charge in [-0.1, -0.05) is 25.2 Å². The molecule has 0 radical (unpaired) electrons. The molecule has 1 aromatic carbocycles. The van der Waals surface area contributed by atoms with E-state index in [0.717, 1.165) is 30.8 Å². The van der Waals surface area contributed by atoms with Gasteiger partial charge >= 0.3 is 0 Å². The zero-order chi connectivity index (χ0) is 13.1. The van der Waals surface area contributed by atoms with Crippen LogP contribution in [0.1, 0.15) is 25.3 Å². The van der Waals surface area contributed by atoms with Crippen LogP contribution in [0.4, 0.5) is 0 Å². The number of hydrogen-bond acceptors (Lipinski definition) is 3. The highest BCUT2D eigenvalue weighted by molar-refractivity contribution is 5.38. The number of unbranched alkanes of at least 4 members (excludes halogenated alkanes) is 1. The molecule has 1 aromatic rings. The van der Waals surface area contributed by atoms with Crippen LogP contribution in [0.25, 0.3) is 0 Å². The third kappa shape index (κ3) is 6.29. The zero-order valence-electron chi connectivity index (χ0n) is 10.9. The summed E-state index contributed by atoms with van der Waals surface area (Å²) < 4.78 is 11.0. The lowest BCUT2D eigenvalue weighted by molar-refractivity contribution is 0.0980. The highest BCUT2D eigenvalue weighted by Crippen LogP contribution is 2.11. The van der Waals surface area contributed by atoms with Gasteiger partial charge in [0.05, 0.1) is 13.2 Å². The Morgan fingerprint density at radius 2 is 1.89 bits per heavy atom. The molecule has 0 spiro atoms. The number of nitrogens with two attached hydrogens (primary N) is 1. The second kappa shape index (κ2) is 9.52. The highest BCUT2D eigenvalue weighted by atomic mass is 16.5. The molecule has 0 unspecified atom stereocenters. The smallest absolute Gasteiger partial charge is 0.119 e. The maximum atomic E-state index is 5.55. The standard InChI is InChI=1S/C15H21NO2/c1-2-3-11-17-12-13-18-15-8-6-14(7-9-15)5-4-10-16/h6-9H,2-3,10-13,16H2,1H3. The fourth-order valence-electron chi connectivity index (χ4n) is 1.35. The minimum atomic E-state index is 0.382. The van der Waals surface area contributed by atoms with Gasteiger partial charge < -0.3 is 15.2 Å². The molecule has 0 atom stereocenters. The van der Waals surface area contributed by atoms with Crippen LogP contribution < -0.4 is 10.5 Å². The Hall–Kier alpha value is -1.50. The van der Waals surface area contributed by atoms with Gasteiger partial charge in [0.15, 0.2) is 0 Å². The molecule has 98 valence electrons. The molecule has 0 amide bonds. The average molecular weight is 247 g/mol. The topological polar surface area (TPSA) is 44.5 Å². The molecule has 0 saturated heterocycles. The lowest BCUT2D eigenvalue weighted by Crippen LogP contribution is -2.07. The first-order valence-corrected chi connectivity index (χ1v) is 6.36. The monoisotopic (exact) mass is 247 g/mol. The van der Waals surface area contributed by atoms with Crippen LogP contribution in [0.3, 0.4) is 0 Å². The Bertz CT molecular complexity index is 376. The molecule has 0 bridgehead atoms. The van der Waals surface area contributed by atoms with Crippen LogP contribution in [0, 0.1) is 11.8 Å². The summed E-state index contributed by atoms with van der Waals surface area (Å²) in [6.07, 6.45) is 2.26. The summed E-state index contributed by atoms with van der Waals surface area (Å²) in [5.41, 5.74) is 6.26. The molecule has 0 saturated carbocycles. The SMILES string of the molecule is CCCCOCCOc1ccc(C#CCN)cc1. The van der Waals surface area contributed by atoms with Crippen LogP contribution in [-0.2, 0) is 4.74 Å². The number of hydrogen-bond donors (Lipinski definition) is 1. The van der Waals surface area contributed by atoms with Crippen molar-refractivity contribution in [2.24, 2.45) is 5.73 Å². The quantitative estimate of drug-likeness (QED) is 0.593. The second-order valence-corrected chi connectivity index (χ2v) is 3.84. The molecule has 0 heterocycles. The summed E-state index contributed by atoms with van der Waals surface area (Å²) in [7, 11) is 0. The normalized spacial score (nSPS) is 9.67. The van der Waals surface area contributed by atoms with E-state index in [1.807, 2.05) is 24.3 Å². The van der Waals surface area contributed by atoms with Crippen molar-refractivity contribution in [2.45, 2.75) is 19.8 Å². The zero-order valence-corrected chi connectivity index (χ0v) is 10.9. The van der Waals surface area contributed by atoms with E-state index in [1.54, 1.807) is 0 Å². The predicted molar refractivity (Wildman–Crippen MR) is 73.6 cm³/mol. The average Bonchev–Trinajstić information content (AvgIpc) is 2.42. The second-order valence-electron chi connectivity index (χ2n) is 3.84. The fourth-order valence-corrected chi connectivity index (χ4v) is 1.35. The summed E-state index contributed by atoms with van der Waals surface area (Å²) in [4.78, 5) is 0. The molecule has 3 nitrogen and oxygen atoms in total. The van der Waals surface area contributed by atoms with Gasteiger partial charge in [-0.15, -0.1) is 0 Å². The van der Waals surface area contributed by atoms with Gasteiger partial charge in [0.25, 0.3) is 0 Å². The molecule has 0 fully saturated rings. The third-order valence-corrected chi connectivity index (χ3v) is 2.33. The number of rotatable bonds is 7. The van der Waals surface area contributed by atoms with E-state index in [4.69, 9.17) is 15.2 Å². The first-order chi connectivity index (χ1) is 8.86. The van der Waals surface area contributed by atoms with Gasteiger partial charge in [-0.05, 0) is 30.7 Å². The van der Waals surface area contributed by atoms with Crippen molar-refractivity contribution in [3.63, 3.8) is 0 Å². The summed E-state index contributed by atoms with van der Waals surface area (Å²) in [6.45, 7) is 4.56. The first kappa shape index (κ1) is 14.6. The minimum Gasteiger partial charge on any atom is -0.491 e. The van der Waals surface area contributed by atoms with Gasteiger partial charge in [0, 0.05) is 12.2 Å². The molecule has 2 N–H and O–H groups in total. The molecule has 0 aliphatic heterocycles. The largest absolute Gasteiger partial charge is 0.491 e. The lowest BCUT2D eigenvalue weighted by atomic mass is 10.2. The Labute approximate surface area is 109 Å². The van der Waals surface area contributed by atoms with E-state index < -0.39 is 0 Å². The fraction of sp³-hybridized carbons (Fsp3) is 0.467. The van der Waals surface area contributed by atoms with Gasteiger partial charge in [0.2, 0.25) is 0 Å². The summed E-state index contributed by atoms with van der Waals surface area (Å²) in [6, 6.07) is 7.67. The minimum absolute atomic E-state index is 0.382. The molecule has 3 heteroatoms. The summed E-state index contributed by atoms with van der Waals surface area (Å²) >= 11 is 0. The van der Waals surface area contributed by atoms with Crippen LogP contribution in [0.15, 0.2) is 24.3 Å². The van der Waals surface area contributed by atoms with E-state index in [0.29, 0.717) is 19.8 Å². The summed E-state index contributed by atoms with van der Waals surface area (Å²) in [5.74, 6) is 6.62. The number of benzene rings is 1. The highest BCUT2D eigenvalue weighted by Gasteiger charge is 1.94. The Kier molecular flexibility index (Phi) is 7.70. The molecule has 0 aliphatic carbocycles. The molecular formula is C15H21NO2. The van der Waals surface area contributed by atoms with Crippen molar-refractivity contribution < 1.29 is 9.47 Å². The van der Waals surface area contributed by atoms with Crippen molar-refractivity contribution in [2.75, 3.05) is 26.4 Å². The Morgan fingerprint density at radius 3 is 2.56 bits per heavy atom. The first-order valence-electron chi connectivity index (χ1n) is 6.36. The maximum Gasteiger partial charge on any atom is 0.119 e. The molecule has 0 aliphatic rings. The molecule has 18 heavy (non-hydrogen) atoms. The van der Waals surface area contributed by atoms with Crippen molar-refractivity contribution in [1.29, 1.82) is 0 Å². The van der Waals surface area contributed by atoms with E-state index in [9.17, 15) is 0 Å². The molecular weight excluding hydrogens is 226 g/mol. The predicted octanol–water partition coefficient (Wildman–Crippen LogP) is 2.19. The van der Waals surface area contributed by atoms with E-state index >= 15 is 0 Å². The van der Waals surface area contributed by atoms with Crippen molar-refractivity contribution >= 4 is 0 Å². The van der Waals surface area contributed by atoms with Crippen molar-refractivity contribution in [3.05, 3.63) is 29.8 Å². The van der Waals surface area contributed by atoms with E-state index in [-0.39, 0.29) is 0 Å². The molecule has 1 rings (SSSR count). The van der Waals surface area contributed by atoms with Crippen molar-refractivity contribution in [1.82, 2.24) is 0 Å². The van der Waals surface area contributed by atoms with Gasteiger partial charge in [-0.3, -0.25) is 0 Å². The van der Waals surface area contributed by atoms with Gasteiger partial charge in [-0.25, -0.2) is 0 Å². The van der Waals surface area contributed by atoms with Crippen LogP contribution in [-0.4, -0.2) is 26.4 Å². The lowest BCUT2D eigenvalue weighted by Gasteiger charge is -2.06. The summed E-state index contributed by atoms with van der Waals surface area (Å²) in [5, 5.41) is 0. The van der Waals surface area contributed by atoms with Gasteiger partial charge in [-0.2, -0.15) is 0 Å². The Morgan fingerprint density at radius 1 is 1.11 bits per heavy atom. The van der Waals surface area contributed by atoms with Gasteiger partial charge in [0.1, 0.15) is 12.4 Å². The van der Waals surface area contributed by atoms with E-state index in [1.165, 1.54) is 0 Å². The Balaban J connectivity index is 2.22. The van der Waals surface area contributed by atoms with E-state index in [2.05, 4.69) is 18.8 Å². The maximum absolute atomic E-state index is 5.55. The van der Waals surface area contributed by atoms with Crippen LogP contribution >= 0.6 is 0 Å². The number of ether oxygens (including phenoxy) is 2. The van der Waals surface area contributed by atoms with Crippen molar-refractivity contribution in [3.8, 4) is 17.6 Å². The molecule has 0 aromatic heterocycles. The van der Waals surface area contributed by atoms with Crippen LogP contribution in [0.2, 0.25) is 0 Å². The third-order valence-electron chi connectivity index (χ3n) is 2.33. The van der Waals surface area contributed by atoms with Crippen LogP contribution in [0.5, 0.6) is 5.75 Å².